The molecule has 1 aliphatic rings. The summed E-state index contributed by atoms with van der Waals surface area (Å²) >= 11 is 0. The molecule has 2 rings (SSSR count). The minimum atomic E-state index is -3.36. The van der Waals surface area contributed by atoms with Crippen LogP contribution in [0.1, 0.15) is 36.8 Å². The molecule has 4 nitrogen and oxygen atoms in total. The van der Waals surface area contributed by atoms with E-state index in [1.807, 2.05) is 19.9 Å². The zero-order chi connectivity index (χ0) is 15.3. The minimum Gasteiger partial charge on any atom is -0.335 e. The maximum Gasteiger partial charge on any atom is 0.240 e. The van der Waals surface area contributed by atoms with Crippen molar-refractivity contribution in [3.05, 3.63) is 29.3 Å². The Morgan fingerprint density at radius 1 is 1.10 bits per heavy atom. The van der Waals surface area contributed by atoms with Crippen LogP contribution in [0.25, 0.3) is 0 Å². The molecule has 0 radical (unpaired) electrons. The lowest BCUT2D eigenvalue weighted by Crippen LogP contribution is -3.12. The molecule has 0 unspecified atom stereocenters. The molecule has 1 saturated heterocycles. The van der Waals surface area contributed by atoms with E-state index in [-0.39, 0.29) is 0 Å². The summed E-state index contributed by atoms with van der Waals surface area (Å²) in [5.74, 6) is 0. The van der Waals surface area contributed by atoms with Gasteiger partial charge in [-0.05, 0) is 56.4 Å². The third kappa shape index (κ3) is 4.80. The van der Waals surface area contributed by atoms with Crippen LogP contribution in [0.4, 0.5) is 0 Å². The minimum absolute atomic E-state index is 0.371. The van der Waals surface area contributed by atoms with Crippen molar-refractivity contribution in [1.29, 1.82) is 0 Å². The average molecular weight is 311 g/mol. The Morgan fingerprint density at radius 3 is 2.48 bits per heavy atom. The van der Waals surface area contributed by atoms with Crippen LogP contribution in [0.5, 0.6) is 0 Å². The van der Waals surface area contributed by atoms with Crippen molar-refractivity contribution in [2.45, 2.75) is 44.4 Å². The van der Waals surface area contributed by atoms with Gasteiger partial charge in [0, 0.05) is 13.0 Å². The summed E-state index contributed by atoms with van der Waals surface area (Å²) in [5, 5.41) is 0. The molecule has 1 heterocycles. The van der Waals surface area contributed by atoms with Crippen molar-refractivity contribution < 1.29 is 13.3 Å². The maximum atomic E-state index is 12.2. The normalized spacial score (nSPS) is 17.0. The van der Waals surface area contributed by atoms with Crippen molar-refractivity contribution in [3.63, 3.8) is 0 Å². The second-order valence-corrected chi connectivity index (χ2v) is 7.83. The number of piperidine rings is 1. The standard InChI is InChI=1S/C16H26N2O2S/c1-14-7-8-16(13-15(14)2)21(19,20)17-9-6-12-18-10-4-3-5-11-18/h7-8,13,17H,3-6,9-12H2,1-2H3/p+1. The number of sulfonamides is 1. The molecular formula is C16H27N2O2S+. The molecular weight excluding hydrogens is 284 g/mol. The molecule has 0 aliphatic carbocycles. The Morgan fingerprint density at radius 2 is 1.81 bits per heavy atom. The second-order valence-electron chi connectivity index (χ2n) is 6.06. The predicted molar refractivity (Wildman–Crippen MR) is 85.1 cm³/mol. The third-order valence-electron chi connectivity index (χ3n) is 4.35. The van der Waals surface area contributed by atoms with E-state index in [1.54, 1.807) is 17.0 Å². The maximum absolute atomic E-state index is 12.2. The zero-order valence-electron chi connectivity index (χ0n) is 13.1. The van der Waals surface area contributed by atoms with Crippen LogP contribution < -0.4 is 9.62 Å². The van der Waals surface area contributed by atoms with Crippen molar-refractivity contribution in [2.24, 2.45) is 0 Å². The first kappa shape index (κ1) is 16.5. The van der Waals surface area contributed by atoms with Crippen molar-refractivity contribution in [2.75, 3.05) is 26.2 Å². The fourth-order valence-corrected chi connectivity index (χ4v) is 3.97. The highest BCUT2D eigenvalue weighted by Crippen LogP contribution is 2.14. The van der Waals surface area contributed by atoms with Gasteiger partial charge in [0.05, 0.1) is 24.5 Å². The number of likely N-dealkylation sites (tertiary alicyclic amines) is 1. The van der Waals surface area contributed by atoms with Crippen molar-refractivity contribution >= 4 is 10.0 Å². The number of nitrogens with one attached hydrogen (secondary N) is 2. The molecule has 1 aromatic rings. The zero-order valence-corrected chi connectivity index (χ0v) is 13.9. The molecule has 118 valence electrons. The summed E-state index contributed by atoms with van der Waals surface area (Å²) in [5.41, 5.74) is 2.12. The lowest BCUT2D eigenvalue weighted by Gasteiger charge is -2.23. The fourth-order valence-electron chi connectivity index (χ4n) is 2.81. The molecule has 1 fully saturated rings. The number of benzene rings is 1. The van der Waals surface area contributed by atoms with Gasteiger partial charge in [0.15, 0.2) is 0 Å². The number of hydrogen-bond donors (Lipinski definition) is 2. The largest absolute Gasteiger partial charge is 0.335 e. The Balaban J connectivity index is 1.82. The summed E-state index contributed by atoms with van der Waals surface area (Å²) in [6, 6.07) is 5.29. The monoisotopic (exact) mass is 311 g/mol. The summed E-state index contributed by atoms with van der Waals surface area (Å²) in [4.78, 5) is 1.99. The molecule has 0 spiro atoms. The fraction of sp³-hybridized carbons (Fsp3) is 0.625. The first-order valence-corrected chi connectivity index (χ1v) is 9.38. The Hall–Kier alpha value is -0.910. The van der Waals surface area contributed by atoms with Crippen LogP contribution in [0.3, 0.4) is 0 Å². The molecule has 5 heteroatoms. The summed E-state index contributed by atoms with van der Waals surface area (Å²) in [6.07, 6.45) is 4.87. The molecule has 21 heavy (non-hydrogen) atoms. The summed E-state index contributed by atoms with van der Waals surface area (Å²) < 4.78 is 27.2. The van der Waals surface area contributed by atoms with E-state index in [0.29, 0.717) is 11.4 Å². The SMILES string of the molecule is Cc1ccc(S(=O)(=O)NCCC[NH+]2CCCCC2)cc1C. The second kappa shape index (κ2) is 7.38. The topological polar surface area (TPSA) is 50.6 Å². The van der Waals surface area contributed by atoms with E-state index in [2.05, 4.69) is 4.72 Å². The van der Waals surface area contributed by atoms with Gasteiger partial charge < -0.3 is 4.90 Å². The summed E-state index contributed by atoms with van der Waals surface area (Å²) in [6.45, 7) is 8.00. The number of aryl methyl sites for hydroxylation is 2. The Kier molecular flexibility index (Phi) is 5.79. The van der Waals surface area contributed by atoms with Gasteiger partial charge in [0.2, 0.25) is 10.0 Å². The highest BCUT2D eigenvalue weighted by molar-refractivity contribution is 7.89. The van der Waals surface area contributed by atoms with Crippen LogP contribution in [0.15, 0.2) is 23.1 Å². The van der Waals surface area contributed by atoms with E-state index in [4.69, 9.17) is 0 Å². The van der Waals surface area contributed by atoms with Crippen LogP contribution in [-0.4, -0.2) is 34.6 Å². The van der Waals surface area contributed by atoms with Gasteiger partial charge in [-0.1, -0.05) is 6.07 Å². The molecule has 1 aromatic carbocycles. The van der Waals surface area contributed by atoms with E-state index < -0.39 is 10.0 Å². The van der Waals surface area contributed by atoms with E-state index in [9.17, 15) is 8.42 Å². The van der Waals surface area contributed by atoms with Gasteiger partial charge in [-0.3, -0.25) is 0 Å². The predicted octanol–water partition coefficient (Wildman–Crippen LogP) is 1.04. The van der Waals surface area contributed by atoms with Gasteiger partial charge in [-0.25, -0.2) is 13.1 Å². The van der Waals surface area contributed by atoms with Gasteiger partial charge >= 0.3 is 0 Å². The van der Waals surface area contributed by atoms with Gasteiger partial charge in [-0.15, -0.1) is 0 Å². The van der Waals surface area contributed by atoms with Gasteiger partial charge in [0.1, 0.15) is 0 Å². The first-order valence-electron chi connectivity index (χ1n) is 7.89. The van der Waals surface area contributed by atoms with Crippen LogP contribution in [0.2, 0.25) is 0 Å². The number of hydrogen-bond acceptors (Lipinski definition) is 2. The lowest BCUT2D eigenvalue weighted by molar-refractivity contribution is -0.904. The lowest BCUT2D eigenvalue weighted by atomic mass is 10.1. The smallest absolute Gasteiger partial charge is 0.240 e. The number of rotatable bonds is 6. The molecule has 0 amide bonds. The van der Waals surface area contributed by atoms with E-state index in [0.717, 1.165) is 24.1 Å². The quantitative estimate of drug-likeness (QED) is 0.771. The average Bonchev–Trinajstić information content (AvgIpc) is 2.47. The van der Waals surface area contributed by atoms with E-state index in [1.165, 1.54) is 32.4 Å². The summed E-state index contributed by atoms with van der Waals surface area (Å²) in [7, 11) is -3.36. The molecule has 0 bridgehead atoms. The van der Waals surface area contributed by atoms with E-state index >= 15 is 0 Å². The van der Waals surface area contributed by atoms with Crippen LogP contribution in [0, 0.1) is 13.8 Å². The molecule has 1 aliphatic heterocycles. The number of quaternary nitrogens is 1. The van der Waals surface area contributed by atoms with Crippen molar-refractivity contribution in [1.82, 2.24) is 4.72 Å². The Labute approximate surface area is 128 Å². The molecule has 0 atom stereocenters. The highest BCUT2D eigenvalue weighted by Gasteiger charge is 2.16. The third-order valence-corrected chi connectivity index (χ3v) is 5.81. The first-order chi connectivity index (χ1) is 9.99. The van der Waals surface area contributed by atoms with Gasteiger partial charge in [-0.2, -0.15) is 0 Å². The molecule has 2 N–H and O–H groups in total. The highest BCUT2D eigenvalue weighted by atomic mass is 32.2. The van der Waals surface area contributed by atoms with Gasteiger partial charge in [0.25, 0.3) is 0 Å². The van der Waals surface area contributed by atoms with Crippen LogP contribution in [-0.2, 0) is 10.0 Å². The Bertz CT molecular complexity index is 564. The molecule has 0 aromatic heterocycles. The van der Waals surface area contributed by atoms with Crippen molar-refractivity contribution in [3.8, 4) is 0 Å². The molecule has 0 saturated carbocycles. The van der Waals surface area contributed by atoms with Crippen LogP contribution >= 0.6 is 0 Å².